The van der Waals surface area contributed by atoms with Crippen molar-refractivity contribution >= 4 is 5.82 Å². The van der Waals surface area contributed by atoms with Gasteiger partial charge in [0.1, 0.15) is 5.82 Å². The first-order chi connectivity index (χ1) is 8.29. The van der Waals surface area contributed by atoms with Gasteiger partial charge in [-0.3, -0.25) is 0 Å². The Balaban J connectivity index is 1.84. The number of nitrogens with zero attached hydrogens (tertiary/aromatic N) is 2. The lowest BCUT2D eigenvalue weighted by Crippen LogP contribution is -2.45. The van der Waals surface area contributed by atoms with Crippen LogP contribution in [0.4, 0.5) is 5.82 Å². The molecule has 17 heavy (non-hydrogen) atoms. The Morgan fingerprint density at radius 3 is 2.82 bits per heavy atom. The summed E-state index contributed by atoms with van der Waals surface area (Å²) in [4.78, 5) is 6.75. The molecule has 1 atom stereocenters. The smallest absolute Gasteiger partial charge is 0.128 e. The quantitative estimate of drug-likeness (QED) is 0.805. The van der Waals surface area contributed by atoms with Gasteiger partial charge in [0.25, 0.3) is 0 Å². The molecule has 0 aliphatic carbocycles. The molecular formula is C14H21N3. The highest BCUT2D eigenvalue weighted by Crippen LogP contribution is 2.17. The van der Waals surface area contributed by atoms with E-state index in [4.69, 9.17) is 0 Å². The molecule has 3 nitrogen and oxygen atoms in total. The monoisotopic (exact) mass is 231 g/mol. The molecule has 0 spiro atoms. The molecule has 1 N–H and O–H groups in total. The van der Waals surface area contributed by atoms with Gasteiger partial charge in [-0.2, -0.15) is 0 Å². The molecule has 2 rings (SSSR count). The molecule has 1 aromatic heterocycles. The van der Waals surface area contributed by atoms with Gasteiger partial charge in [0.05, 0.1) is 0 Å². The van der Waals surface area contributed by atoms with Crippen LogP contribution in [-0.4, -0.2) is 30.2 Å². The van der Waals surface area contributed by atoms with E-state index in [1.54, 1.807) is 0 Å². The summed E-state index contributed by atoms with van der Waals surface area (Å²) < 4.78 is 0. The van der Waals surface area contributed by atoms with Crippen LogP contribution in [0.25, 0.3) is 0 Å². The van der Waals surface area contributed by atoms with Crippen molar-refractivity contribution in [3.63, 3.8) is 0 Å². The molecule has 1 aromatic rings. The van der Waals surface area contributed by atoms with Crippen molar-refractivity contribution in [3.8, 4) is 0 Å². The van der Waals surface area contributed by atoms with E-state index >= 15 is 0 Å². The molecule has 0 radical (unpaired) electrons. The first kappa shape index (κ1) is 12.1. The van der Waals surface area contributed by atoms with E-state index in [0.717, 1.165) is 18.9 Å². The molecule has 1 saturated heterocycles. The van der Waals surface area contributed by atoms with Gasteiger partial charge >= 0.3 is 0 Å². The standard InChI is InChI=1S/C14H21N3/c1-3-12(2)16-13-7-10-17(11-8-13)14-6-4-5-9-15-14/h3-6,9,12-13,16H,1,7-8,10-11H2,2H3. The summed E-state index contributed by atoms with van der Waals surface area (Å²) in [5.41, 5.74) is 0. The van der Waals surface area contributed by atoms with Gasteiger partial charge in [0.2, 0.25) is 0 Å². The van der Waals surface area contributed by atoms with Crippen molar-refractivity contribution in [3.05, 3.63) is 37.1 Å². The summed E-state index contributed by atoms with van der Waals surface area (Å²) in [6, 6.07) is 7.11. The van der Waals surface area contributed by atoms with Crippen molar-refractivity contribution in [2.24, 2.45) is 0 Å². The fraction of sp³-hybridized carbons (Fsp3) is 0.500. The highest BCUT2D eigenvalue weighted by Gasteiger charge is 2.20. The molecule has 1 aliphatic rings. The van der Waals surface area contributed by atoms with Gasteiger partial charge in [-0.1, -0.05) is 12.1 Å². The number of piperidine rings is 1. The third-order valence-corrected chi connectivity index (χ3v) is 3.32. The normalized spacial score (nSPS) is 19.0. The van der Waals surface area contributed by atoms with Crippen LogP contribution in [-0.2, 0) is 0 Å². The average molecular weight is 231 g/mol. The van der Waals surface area contributed by atoms with Crippen molar-refractivity contribution in [2.75, 3.05) is 18.0 Å². The lowest BCUT2D eigenvalue weighted by Gasteiger charge is -2.34. The summed E-state index contributed by atoms with van der Waals surface area (Å²) in [6.45, 7) is 8.12. The maximum absolute atomic E-state index is 4.39. The average Bonchev–Trinajstić information content (AvgIpc) is 2.40. The molecule has 2 heterocycles. The topological polar surface area (TPSA) is 28.2 Å². The van der Waals surface area contributed by atoms with E-state index in [9.17, 15) is 0 Å². The molecule has 3 heteroatoms. The van der Waals surface area contributed by atoms with Gasteiger partial charge in [0, 0.05) is 31.4 Å². The number of nitrogens with one attached hydrogen (secondary N) is 1. The minimum atomic E-state index is 0.404. The van der Waals surface area contributed by atoms with E-state index in [-0.39, 0.29) is 0 Å². The number of hydrogen-bond acceptors (Lipinski definition) is 3. The molecular weight excluding hydrogens is 210 g/mol. The Bertz CT molecular complexity index is 342. The fourth-order valence-electron chi connectivity index (χ4n) is 2.26. The molecule has 0 aromatic carbocycles. The third kappa shape index (κ3) is 3.30. The van der Waals surface area contributed by atoms with Gasteiger partial charge in [-0.15, -0.1) is 6.58 Å². The molecule has 1 unspecified atom stereocenters. The highest BCUT2D eigenvalue weighted by molar-refractivity contribution is 5.38. The predicted octanol–water partition coefficient (Wildman–Crippen LogP) is 2.21. The highest BCUT2D eigenvalue weighted by atomic mass is 15.2. The maximum Gasteiger partial charge on any atom is 0.128 e. The van der Waals surface area contributed by atoms with Crippen LogP contribution in [0.1, 0.15) is 19.8 Å². The SMILES string of the molecule is C=CC(C)NC1CCN(c2ccccn2)CC1. The van der Waals surface area contributed by atoms with E-state index in [1.165, 1.54) is 12.8 Å². The summed E-state index contributed by atoms with van der Waals surface area (Å²) >= 11 is 0. The molecule has 1 aliphatic heterocycles. The van der Waals surface area contributed by atoms with Crippen LogP contribution in [0.5, 0.6) is 0 Å². The second-order valence-electron chi connectivity index (χ2n) is 4.64. The van der Waals surface area contributed by atoms with Crippen LogP contribution in [0.2, 0.25) is 0 Å². The van der Waals surface area contributed by atoms with Gasteiger partial charge in [0.15, 0.2) is 0 Å². The zero-order valence-corrected chi connectivity index (χ0v) is 10.5. The summed E-state index contributed by atoms with van der Waals surface area (Å²) in [6.07, 6.45) is 6.17. The third-order valence-electron chi connectivity index (χ3n) is 3.32. The predicted molar refractivity (Wildman–Crippen MR) is 72.3 cm³/mol. The molecule has 1 fully saturated rings. The number of rotatable bonds is 4. The number of anilines is 1. The van der Waals surface area contributed by atoms with Gasteiger partial charge in [-0.05, 0) is 31.9 Å². The fourth-order valence-corrected chi connectivity index (χ4v) is 2.26. The first-order valence-electron chi connectivity index (χ1n) is 6.34. The van der Waals surface area contributed by atoms with E-state index in [0.29, 0.717) is 12.1 Å². The minimum Gasteiger partial charge on any atom is -0.357 e. The summed E-state index contributed by atoms with van der Waals surface area (Å²) in [7, 11) is 0. The van der Waals surface area contributed by atoms with Crippen LogP contribution >= 0.6 is 0 Å². The van der Waals surface area contributed by atoms with Crippen molar-refractivity contribution < 1.29 is 0 Å². The lowest BCUT2D eigenvalue weighted by atomic mass is 10.0. The Labute approximate surface area is 104 Å². The largest absolute Gasteiger partial charge is 0.357 e. The Kier molecular flexibility index (Phi) is 4.15. The first-order valence-corrected chi connectivity index (χ1v) is 6.34. The molecule has 92 valence electrons. The van der Waals surface area contributed by atoms with Crippen LogP contribution in [0, 0.1) is 0 Å². The van der Waals surface area contributed by atoms with Gasteiger partial charge in [-0.25, -0.2) is 4.98 Å². The van der Waals surface area contributed by atoms with E-state index in [2.05, 4.69) is 34.8 Å². The number of aromatic nitrogens is 1. The summed E-state index contributed by atoms with van der Waals surface area (Å²) in [5.74, 6) is 1.10. The minimum absolute atomic E-state index is 0.404. The number of pyridine rings is 1. The molecule has 0 bridgehead atoms. The Morgan fingerprint density at radius 1 is 1.47 bits per heavy atom. The second kappa shape index (κ2) is 5.82. The summed E-state index contributed by atoms with van der Waals surface area (Å²) in [5, 5.41) is 3.58. The maximum atomic E-state index is 4.39. The number of hydrogen-bond donors (Lipinski definition) is 1. The van der Waals surface area contributed by atoms with Crippen LogP contribution in [0.3, 0.4) is 0 Å². The van der Waals surface area contributed by atoms with E-state index < -0.39 is 0 Å². The lowest BCUT2D eigenvalue weighted by molar-refractivity contribution is 0.399. The van der Waals surface area contributed by atoms with E-state index in [1.807, 2.05) is 24.4 Å². The molecule has 0 saturated carbocycles. The van der Waals surface area contributed by atoms with Crippen LogP contribution < -0.4 is 10.2 Å². The van der Waals surface area contributed by atoms with Crippen molar-refractivity contribution in [1.29, 1.82) is 0 Å². The van der Waals surface area contributed by atoms with Crippen molar-refractivity contribution in [2.45, 2.75) is 31.8 Å². The molecule has 0 amide bonds. The zero-order chi connectivity index (χ0) is 12.1. The zero-order valence-electron chi connectivity index (χ0n) is 10.5. The Morgan fingerprint density at radius 2 is 2.24 bits per heavy atom. The van der Waals surface area contributed by atoms with Crippen molar-refractivity contribution in [1.82, 2.24) is 10.3 Å². The second-order valence-corrected chi connectivity index (χ2v) is 4.64. The van der Waals surface area contributed by atoms with Gasteiger partial charge < -0.3 is 10.2 Å². The Hall–Kier alpha value is -1.35. The van der Waals surface area contributed by atoms with Crippen LogP contribution in [0.15, 0.2) is 37.1 Å².